The quantitative estimate of drug-likeness (QED) is 0.392. The Hall–Kier alpha value is -4.06. The van der Waals surface area contributed by atoms with E-state index in [1.165, 1.54) is 19.1 Å². The molecule has 0 spiro atoms. The number of carbonyl (C=O) groups excluding carboxylic acids is 1. The zero-order valence-corrected chi connectivity index (χ0v) is 16.3. The summed E-state index contributed by atoms with van der Waals surface area (Å²) < 4.78 is 13.2. The second kappa shape index (κ2) is 8.53. The van der Waals surface area contributed by atoms with Crippen LogP contribution in [0.1, 0.15) is 17.3 Å². The molecule has 4 aromatic rings. The molecule has 2 N–H and O–H groups in total. The van der Waals surface area contributed by atoms with Gasteiger partial charge in [-0.15, -0.1) is 0 Å². The van der Waals surface area contributed by atoms with Crippen molar-refractivity contribution in [1.29, 1.82) is 0 Å². The van der Waals surface area contributed by atoms with E-state index in [1.54, 1.807) is 24.3 Å². The highest BCUT2D eigenvalue weighted by Gasteiger charge is 2.09. The molecule has 1 heterocycles. The normalized spacial score (nSPS) is 10.5. The molecular formula is C24H19FN4O. The van der Waals surface area contributed by atoms with Crippen molar-refractivity contribution in [1.82, 2.24) is 9.97 Å². The molecule has 0 radical (unpaired) electrons. The van der Waals surface area contributed by atoms with Crippen LogP contribution < -0.4 is 10.6 Å². The molecule has 148 valence electrons. The van der Waals surface area contributed by atoms with Crippen LogP contribution in [0, 0.1) is 5.82 Å². The lowest BCUT2D eigenvalue weighted by atomic mass is 10.1. The highest BCUT2D eigenvalue weighted by Crippen LogP contribution is 2.25. The number of nitrogens with zero attached hydrogens (tertiary/aromatic N) is 2. The zero-order valence-electron chi connectivity index (χ0n) is 16.3. The number of carbonyl (C=O) groups is 1. The van der Waals surface area contributed by atoms with Crippen LogP contribution in [-0.4, -0.2) is 15.8 Å². The minimum Gasteiger partial charge on any atom is -0.340 e. The van der Waals surface area contributed by atoms with Gasteiger partial charge in [-0.05, 0) is 43.3 Å². The first-order valence-corrected chi connectivity index (χ1v) is 9.42. The second-order valence-corrected chi connectivity index (χ2v) is 6.72. The molecule has 0 bridgehead atoms. The van der Waals surface area contributed by atoms with Gasteiger partial charge >= 0.3 is 0 Å². The molecule has 0 fully saturated rings. The van der Waals surface area contributed by atoms with Gasteiger partial charge in [0.2, 0.25) is 5.95 Å². The van der Waals surface area contributed by atoms with Crippen LogP contribution in [-0.2, 0) is 0 Å². The summed E-state index contributed by atoms with van der Waals surface area (Å²) in [6.07, 6.45) is 0. The van der Waals surface area contributed by atoms with E-state index in [2.05, 4.69) is 20.6 Å². The van der Waals surface area contributed by atoms with Gasteiger partial charge < -0.3 is 10.6 Å². The van der Waals surface area contributed by atoms with E-state index in [4.69, 9.17) is 0 Å². The Morgan fingerprint density at radius 3 is 2.30 bits per heavy atom. The first-order valence-electron chi connectivity index (χ1n) is 9.42. The first-order chi connectivity index (χ1) is 14.6. The predicted molar refractivity (Wildman–Crippen MR) is 117 cm³/mol. The third-order valence-corrected chi connectivity index (χ3v) is 4.44. The Morgan fingerprint density at radius 2 is 1.57 bits per heavy atom. The summed E-state index contributed by atoms with van der Waals surface area (Å²) in [7, 11) is 0. The van der Waals surface area contributed by atoms with Gasteiger partial charge in [-0.3, -0.25) is 4.79 Å². The Balaban J connectivity index is 1.70. The SMILES string of the molecule is CC(=O)c1cccc(Nc2cc(-c3ccccc3)nc(Nc3ccc(F)cc3)n2)c1. The number of ketones is 1. The number of Topliss-reactive ketones (excluding diaryl/α,β-unsaturated/α-hetero) is 1. The van der Waals surface area contributed by atoms with E-state index in [-0.39, 0.29) is 11.6 Å². The summed E-state index contributed by atoms with van der Waals surface area (Å²) in [5.41, 5.74) is 3.68. The number of anilines is 4. The maximum Gasteiger partial charge on any atom is 0.229 e. The number of aromatic nitrogens is 2. The van der Waals surface area contributed by atoms with E-state index >= 15 is 0 Å². The Morgan fingerprint density at radius 1 is 0.800 bits per heavy atom. The van der Waals surface area contributed by atoms with Crippen molar-refractivity contribution in [3.8, 4) is 11.3 Å². The van der Waals surface area contributed by atoms with Crippen LogP contribution in [0.25, 0.3) is 11.3 Å². The molecule has 4 rings (SSSR count). The van der Waals surface area contributed by atoms with E-state index in [9.17, 15) is 9.18 Å². The summed E-state index contributed by atoms with van der Waals surface area (Å²) in [6.45, 7) is 1.53. The average Bonchev–Trinajstić information content (AvgIpc) is 2.76. The molecule has 0 aliphatic rings. The maximum atomic E-state index is 13.2. The van der Waals surface area contributed by atoms with Crippen molar-refractivity contribution in [3.05, 3.63) is 96.3 Å². The lowest BCUT2D eigenvalue weighted by Gasteiger charge is -2.12. The third kappa shape index (κ3) is 4.67. The molecule has 0 saturated heterocycles. The van der Waals surface area contributed by atoms with Gasteiger partial charge in [0.1, 0.15) is 11.6 Å². The predicted octanol–water partition coefficient (Wildman–Crippen LogP) is 5.97. The molecule has 0 aliphatic carbocycles. The minimum atomic E-state index is -0.313. The minimum absolute atomic E-state index is 0.00928. The van der Waals surface area contributed by atoms with Gasteiger partial charge in [0.25, 0.3) is 0 Å². The zero-order chi connectivity index (χ0) is 20.9. The van der Waals surface area contributed by atoms with Crippen LogP contribution in [0.5, 0.6) is 0 Å². The van der Waals surface area contributed by atoms with E-state index in [1.807, 2.05) is 48.5 Å². The molecule has 5 nitrogen and oxygen atoms in total. The van der Waals surface area contributed by atoms with Crippen molar-refractivity contribution >= 4 is 28.9 Å². The van der Waals surface area contributed by atoms with E-state index in [0.717, 1.165) is 16.9 Å². The maximum absolute atomic E-state index is 13.2. The fourth-order valence-corrected chi connectivity index (χ4v) is 2.95. The van der Waals surface area contributed by atoms with Crippen molar-refractivity contribution in [2.24, 2.45) is 0 Å². The van der Waals surface area contributed by atoms with Gasteiger partial charge in [0, 0.05) is 28.6 Å². The largest absolute Gasteiger partial charge is 0.340 e. The van der Waals surface area contributed by atoms with Gasteiger partial charge in [0.05, 0.1) is 5.69 Å². The smallest absolute Gasteiger partial charge is 0.229 e. The van der Waals surface area contributed by atoms with Crippen molar-refractivity contribution in [2.45, 2.75) is 6.92 Å². The molecule has 6 heteroatoms. The van der Waals surface area contributed by atoms with Crippen LogP contribution in [0.3, 0.4) is 0 Å². The standard InChI is InChI=1S/C24H19FN4O/c1-16(30)18-8-5-9-21(14-18)26-23-15-22(17-6-3-2-4-7-17)28-24(29-23)27-20-12-10-19(25)11-13-20/h2-15H,1H3,(H2,26,27,28,29). The Labute approximate surface area is 173 Å². The molecule has 3 aromatic carbocycles. The van der Waals surface area contributed by atoms with Crippen LogP contribution in [0.2, 0.25) is 0 Å². The number of nitrogens with one attached hydrogen (secondary N) is 2. The lowest BCUT2D eigenvalue weighted by Crippen LogP contribution is -2.03. The number of hydrogen-bond donors (Lipinski definition) is 2. The monoisotopic (exact) mass is 398 g/mol. The fraction of sp³-hybridized carbons (Fsp3) is 0.0417. The molecule has 0 saturated carbocycles. The Kier molecular flexibility index (Phi) is 5.48. The molecule has 0 unspecified atom stereocenters. The molecule has 0 atom stereocenters. The highest BCUT2D eigenvalue weighted by molar-refractivity contribution is 5.95. The van der Waals surface area contributed by atoms with Gasteiger partial charge in [0.15, 0.2) is 5.78 Å². The van der Waals surface area contributed by atoms with Crippen molar-refractivity contribution in [3.63, 3.8) is 0 Å². The average molecular weight is 398 g/mol. The second-order valence-electron chi connectivity index (χ2n) is 6.72. The van der Waals surface area contributed by atoms with Gasteiger partial charge in [-0.1, -0.05) is 42.5 Å². The summed E-state index contributed by atoms with van der Waals surface area (Å²) in [6, 6.07) is 24.8. The van der Waals surface area contributed by atoms with Crippen LogP contribution in [0.15, 0.2) is 84.9 Å². The lowest BCUT2D eigenvalue weighted by molar-refractivity contribution is 0.101. The van der Waals surface area contributed by atoms with Crippen molar-refractivity contribution < 1.29 is 9.18 Å². The van der Waals surface area contributed by atoms with Gasteiger partial charge in [-0.25, -0.2) is 9.37 Å². The van der Waals surface area contributed by atoms with E-state index < -0.39 is 0 Å². The number of benzene rings is 3. The number of halogens is 1. The number of hydrogen-bond acceptors (Lipinski definition) is 5. The highest BCUT2D eigenvalue weighted by atomic mass is 19.1. The molecule has 0 aliphatic heterocycles. The molecule has 30 heavy (non-hydrogen) atoms. The molecule has 1 aromatic heterocycles. The summed E-state index contributed by atoms with van der Waals surface area (Å²) in [5.74, 6) is 0.611. The third-order valence-electron chi connectivity index (χ3n) is 4.44. The topological polar surface area (TPSA) is 66.9 Å². The van der Waals surface area contributed by atoms with Crippen molar-refractivity contribution in [2.75, 3.05) is 10.6 Å². The Bertz CT molecular complexity index is 1180. The molecule has 0 amide bonds. The first kappa shape index (κ1) is 19.3. The van der Waals surface area contributed by atoms with E-state index in [0.29, 0.717) is 23.0 Å². The molecular weight excluding hydrogens is 379 g/mol. The fourth-order valence-electron chi connectivity index (χ4n) is 2.95. The summed E-state index contributed by atoms with van der Waals surface area (Å²) >= 11 is 0. The van der Waals surface area contributed by atoms with Crippen LogP contribution in [0.4, 0.5) is 27.5 Å². The number of rotatable bonds is 6. The summed E-state index contributed by atoms with van der Waals surface area (Å²) in [5, 5.41) is 6.36. The van der Waals surface area contributed by atoms with Gasteiger partial charge in [-0.2, -0.15) is 4.98 Å². The summed E-state index contributed by atoms with van der Waals surface area (Å²) in [4.78, 5) is 20.8. The van der Waals surface area contributed by atoms with Crippen LogP contribution >= 0.6 is 0 Å².